The molecule has 2 aromatic carbocycles. The van der Waals surface area contributed by atoms with Crippen LogP contribution in [0.5, 0.6) is 0 Å². The van der Waals surface area contributed by atoms with E-state index in [9.17, 15) is 18.0 Å². The molecule has 9 heteroatoms. The van der Waals surface area contributed by atoms with E-state index in [1.165, 1.54) is 21.0 Å². The van der Waals surface area contributed by atoms with Gasteiger partial charge >= 0.3 is 0 Å². The van der Waals surface area contributed by atoms with E-state index >= 15 is 0 Å². The Hall–Kier alpha value is -2.36. The van der Waals surface area contributed by atoms with Crippen LogP contribution in [-0.4, -0.2) is 56.5 Å². The zero-order valence-corrected chi connectivity index (χ0v) is 19.3. The number of nitrogens with zero attached hydrogens (tertiary/aromatic N) is 3. The van der Waals surface area contributed by atoms with Crippen LogP contribution in [0.1, 0.15) is 24.8 Å². The molecule has 0 saturated carbocycles. The second kappa shape index (κ2) is 8.53. The average Bonchev–Trinajstić information content (AvgIpc) is 3.36. The standard InChI is InChI=1S/C23H25N3O4S2/c27-22(25-13-5-7-17-6-1-2-8-19(17)25)15-26-20-14-18(9-10-21(20)31-16-23(26)28)32(29,30)24-11-3-4-12-24/h1-2,6,8-10,14H,3-5,7,11-13,15-16H2. The molecule has 0 aliphatic carbocycles. The van der Waals surface area contributed by atoms with Crippen LogP contribution in [0.3, 0.4) is 0 Å². The maximum atomic E-state index is 13.3. The van der Waals surface area contributed by atoms with Gasteiger partial charge in [0.1, 0.15) is 6.54 Å². The molecule has 1 saturated heterocycles. The van der Waals surface area contributed by atoms with Gasteiger partial charge in [0.05, 0.1) is 16.3 Å². The highest BCUT2D eigenvalue weighted by atomic mass is 32.2. The molecule has 0 N–H and O–H groups in total. The number of sulfonamides is 1. The number of para-hydroxylation sites is 1. The minimum absolute atomic E-state index is 0.103. The SMILES string of the molecule is O=C(CN1C(=O)CSc2ccc(S(=O)(=O)N3CCCC3)cc21)N1CCCc2ccccc21. The van der Waals surface area contributed by atoms with Crippen molar-refractivity contribution in [3.8, 4) is 0 Å². The quantitative estimate of drug-likeness (QED) is 0.685. The van der Waals surface area contributed by atoms with Crippen molar-refractivity contribution in [3.63, 3.8) is 0 Å². The highest BCUT2D eigenvalue weighted by Gasteiger charge is 2.33. The Morgan fingerprint density at radius 2 is 1.75 bits per heavy atom. The molecule has 3 heterocycles. The van der Waals surface area contributed by atoms with E-state index in [4.69, 9.17) is 0 Å². The molecule has 0 bridgehead atoms. The fraction of sp³-hybridized carbons (Fsp3) is 0.391. The first-order chi connectivity index (χ1) is 15.4. The highest BCUT2D eigenvalue weighted by molar-refractivity contribution is 8.00. The third-order valence-electron chi connectivity index (χ3n) is 6.28. The van der Waals surface area contributed by atoms with Gasteiger partial charge in [-0.2, -0.15) is 4.31 Å². The number of carbonyl (C=O) groups is 2. The van der Waals surface area contributed by atoms with Crippen LogP contribution in [0.4, 0.5) is 11.4 Å². The minimum atomic E-state index is -3.61. The molecular weight excluding hydrogens is 446 g/mol. The van der Waals surface area contributed by atoms with Crippen LogP contribution in [0.25, 0.3) is 0 Å². The summed E-state index contributed by atoms with van der Waals surface area (Å²) in [5.74, 6) is -0.109. The molecule has 0 spiro atoms. The number of thioether (sulfide) groups is 1. The second-order valence-corrected chi connectivity index (χ2v) is 11.2. The van der Waals surface area contributed by atoms with Crippen LogP contribution in [0.15, 0.2) is 52.3 Å². The lowest BCUT2D eigenvalue weighted by molar-refractivity contribution is -0.121. The average molecular weight is 472 g/mol. The minimum Gasteiger partial charge on any atom is -0.311 e. The summed E-state index contributed by atoms with van der Waals surface area (Å²) >= 11 is 1.38. The number of aryl methyl sites for hydroxylation is 1. The Labute approximate surface area is 192 Å². The molecule has 1 fully saturated rings. The molecule has 5 rings (SSSR count). The lowest BCUT2D eigenvalue weighted by Gasteiger charge is -2.34. The summed E-state index contributed by atoms with van der Waals surface area (Å²) in [5.41, 5.74) is 2.53. The highest BCUT2D eigenvalue weighted by Crippen LogP contribution is 2.38. The van der Waals surface area contributed by atoms with E-state index in [-0.39, 0.29) is 29.0 Å². The summed E-state index contributed by atoms with van der Waals surface area (Å²) in [4.78, 5) is 30.3. The van der Waals surface area contributed by atoms with Crippen molar-refractivity contribution >= 4 is 45.0 Å². The van der Waals surface area contributed by atoms with Gasteiger partial charge in [-0.15, -0.1) is 11.8 Å². The molecule has 2 aromatic rings. The van der Waals surface area contributed by atoms with E-state index < -0.39 is 10.0 Å². The van der Waals surface area contributed by atoms with Crippen molar-refractivity contribution in [3.05, 3.63) is 48.0 Å². The van der Waals surface area contributed by atoms with E-state index in [1.54, 1.807) is 23.1 Å². The largest absolute Gasteiger partial charge is 0.311 e. The normalized spacial score (nSPS) is 19.1. The van der Waals surface area contributed by atoms with Crippen LogP contribution in [0.2, 0.25) is 0 Å². The van der Waals surface area contributed by atoms with Gasteiger partial charge in [0.25, 0.3) is 0 Å². The Bertz CT molecular complexity index is 1180. The first kappa shape index (κ1) is 21.5. The predicted octanol–water partition coefficient (Wildman–Crippen LogP) is 2.89. The number of fused-ring (bicyclic) bond motifs is 2. The first-order valence-corrected chi connectivity index (χ1v) is 13.3. The van der Waals surface area contributed by atoms with E-state index in [1.807, 2.05) is 24.3 Å². The van der Waals surface area contributed by atoms with E-state index in [2.05, 4.69) is 0 Å². The number of benzene rings is 2. The molecule has 0 radical (unpaired) electrons. The molecule has 32 heavy (non-hydrogen) atoms. The number of hydrogen-bond donors (Lipinski definition) is 0. The van der Waals surface area contributed by atoms with Gasteiger partial charge in [-0.3, -0.25) is 9.59 Å². The molecule has 3 aliphatic rings. The van der Waals surface area contributed by atoms with Gasteiger partial charge in [-0.05, 0) is 55.5 Å². The maximum absolute atomic E-state index is 13.3. The van der Waals surface area contributed by atoms with Crippen LogP contribution < -0.4 is 9.80 Å². The van der Waals surface area contributed by atoms with Gasteiger partial charge in [0, 0.05) is 30.2 Å². The summed E-state index contributed by atoms with van der Waals surface area (Å²) in [6.45, 7) is 1.55. The Morgan fingerprint density at radius 1 is 0.969 bits per heavy atom. The van der Waals surface area contributed by atoms with E-state index in [0.717, 1.165) is 41.8 Å². The van der Waals surface area contributed by atoms with Crippen molar-refractivity contribution in [1.82, 2.24) is 4.31 Å². The number of hydrogen-bond acceptors (Lipinski definition) is 5. The van der Waals surface area contributed by atoms with Crippen LogP contribution in [0, 0.1) is 0 Å². The molecule has 0 unspecified atom stereocenters. The topological polar surface area (TPSA) is 78.0 Å². The number of anilines is 2. The molecule has 0 aromatic heterocycles. The van der Waals surface area contributed by atoms with Crippen molar-refractivity contribution in [2.24, 2.45) is 0 Å². The van der Waals surface area contributed by atoms with Crippen molar-refractivity contribution in [1.29, 1.82) is 0 Å². The van der Waals surface area contributed by atoms with Gasteiger partial charge in [0.15, 0.2) is 0 Å². The Kier molecular flexibility index (Phi) is 5.73. The predicted molar refractivity (Wildman–Crippen MR) is 125 cm³/mol. The zero-order valence-electron chi connectivity index (χ0n) is 17.7. The lowest BCUT2D eigenvalue weighted by atomic mass is 10.0. The summed E-state index contributed by atoms with van der Waals surface area (Å²) in [5, 5.41) is 0. The summed E-state index contributed by atoms with van der Waals surface area (Å²) in [6.07, 6.45) is 3.52. The number of amides is 2. The summed E-state index contributed by atoms with van der Waals surface area (Å²) in [7, 11) is -3.61. The monoisotopic (exact) mass is 471 g/mol. The summed E-state index contributed by atoms with van der Waals surface area (Å²) < 4.78 is 27.6. The van der Waals surface area contributed by atoms with Gasteiger partial charge in [-0.25, -0.2) is 8.42 Å². The van der Waals surface area contributed by atoms with Gasteiger partial charge < -0.3 is 9.80 Å². The maximum Gasteiger partial charge on any atom is 0.247 e. The molecule has 3 aliphatic heterocycles. The van der Waals surface area contributed by atoms with Crippen molar-refractivity contribution in [2.75, 3.05) is 41.7 Å². The fourth-order valence-corrected chi connectivity index (χ4v) is 7.06. The van der Waals surface area contributed by atoms with Gasteiger partial charge in [0.2, 0.25) is 21.8 Å². The zero-order chi connectivity index (χ0) is 22.3. The number of carbonyl (C=O) groups excluding carboxylic acids is 2. The molecule has 168 valence electrons. The van der Waals surface area contributed by atoms with Crippen LogP contribution >= 0.6 is 11.8 Å². The van der Waals surface area contributed by atoms with Crippen molar-refractivity contribution < 1.29 is 18.0 Å². The third kappa shape index (κ3) is 3.82. The van der Waals surface area contributed by atoms with Gasteiger partial charge in [-0.1, -0.05) is 18.2 Å². The second-order valence-electron chi connectivity index (χ2n) is 8.29. The van der Waals surface area contributed by atoms with Crippen LogP contribution in [-0.2, 0) is 26.0 Å². The molecule has 2 amide bonds. The lowest BCUT2D eigenvalue weighted by Crippen LogP contribution is -2.46. The molecular formula is C23H25N3O4S2. The Morgan fingerprint density at radius 3 is 2.56 bits per heavy atom. The number of rotatable bonds is 4. The van der Waals surface area contributed by atoms with Crippen molar-refractivity contribution in [2.45, 2.75) is 35.5 Å². The summed E-state index contributed by atoms with van der Waals surface area (Å²) in [6, 6.07) is 12.8. The third-order valence-corrected chi connectivity index (χ3v) is 9.22. The molecule has 0 atom stereocenters. The smallest absolute Gasteiger partial charge is 0.247 e. The first-order valence-electron chi connectivity index (χ1n) is 10.9. The van der Waals surface area contributed by atoms with E-state index in [0.29, 0.717) is 25.3 Å². The fourth-order valence-electron chi connectivity index (χ4n) is 4.61. The Balaban J connectivity index is 1.45. The molecule has 7 nitrogen and oxygen atoms in total.